The molecule has 0 spiro atoms. The van der Waals surface area contributed by atoms with Gasteiger partial charge in [-0.15, -0.1) is 23.1 Å². The molecule has 5 heteroatoms. The number of carbonyl (C=O) groups is 1. The SMILES string of the molecule is Cc1nc(CSc2ccccc2C(=O)NC2CCC(C)CC2)cs1. The number of rotatable bonds is 5. The molecule has 1 aliphatic carbocycles. The van der Waals surface area contributed by atoms with Crippen molar-refractivity contribution in [1.82, 2.24) is 10.3 Å². The van der Waals surface area contributed by atoms with Gasteiger partial charge in [-0.25, -0.2) is 4.98 Å². The van der Waals surface area contributed by atoms with Gasteiger partial charge in [0.1, 0.15) is 0 Å². The van der Waals surface area contributed by atoms with Crippen molar-refractivity contribution in [3.63, 3.8) is 0 Å². The summed E-state index contributed by atoms with van der Waals surface area (Å²) in [5.74, 6) is 1.66. The van der Waals surface area contributed by atoms with Crippen molar-refractivity contribution in [3.8, 4) is 0 Å². The van der Waals surface area contributed by atoms with Gasteiger partial charge in [-0.2, -0.15) is 0 Å². The summed E-state index contributed by atoms with van der Waals surface area (Å²) in [6, 6.07) is 8.22. The molecule has 1 fully saturated rings. The van der Waals surface area contributed by atoms with Crippen molar-refractivity contribution in [1.29, 1.82) is 0 Å². The van der Waals surface area contributed by atoms with Gasteiger partial charge in [0.15, 0.2) is 0 Å². The van der Waals surface area contributed by atoms with Crippen LogP contribution in [0.25, 0.3) is 0 Å². The van der Waals surface area contributed by atoms with E-state index in [1.807, 2.05) is 31.2 Å². The van der Waals surface area contributed by atoms with Crippen LogP contribution < -0.4 is 5.32 Å². The maximum Gasteiger partial charge on any atom is 0.252 e. The van der Waals surface area contributed by atoms with Crippen LogP contribution in [0.2, 0.25) is 0 Å². The highest BCUT2D eigenvalue weighted by Gasteiger charge is 2.21. The largest absolute Gasteiger partial charge is 0.349 e. The summed E-state index contributed by atoms with van der Waals surface area (Å²) in [7, 11) is 0. The predicted molar refractivity (Wildman–Crippen MR) is 102 cm³/mol. The number of hydrogen-bond donors (Lipinski definition) is 1. The monoisotopic (exact) mass is 360 g/mol. The van der Waals surface area contributed by atoms with Gasteiger partial charge >= 0.3 is 0 Å². The van der Waals surface area contributed by atoms with Crippen molar-refractivity contribution in [2.24, 2.45) is 5.92 Å². The first-order chi connectivity index (χ1) is 11.6. The number of nitrogens with zero attached hydrogens (tertiary/aromatic N) is 1. The molecule has 0 aliphatic heterocycles. The number of benzene rings is 1. The topological polar surface area (TPSA) is 42.0 Å². The first-order valence-electron chi connectivity index (χ1n) is 8.55. The van der Waals surface area contributed by atoms with Crippen LogP contribution in [0, 0.1) is 12.8 Å². The molecule has 1 aromatic heterocycles. The number of thioether (sulfide) groups is 1. The van der Waals surface area contributed by atoms with Crippen LogP contribution in [-0.4, -0.2) is 16.9 Å². The van der Waals surface area contributed by atoms with E-state index in [1.54, 1.807) is 23.1 Å². The highest BCUT2D eigenvalue weighted by molar-refractivity contribution is 7.98. The maximum absolute atomic E-state index is 12.7. The van der Waals surface area contributed by atoms with E-state index >= 15 is 0 Å². The molecule has 0 atom stereocenters. The second-order valence-electron chi connectivity index (χ2n) is 6.57. The summed E-state index contributed by atoms with van der Waals surface area (Å²) in [5, 5.41) is 6.41. The van der Waals surface area contributed by atoms with Crippen LogP contribution >= 0.6 is 23.1 Å². The first kappa shape index (κ1) is 17.5. The third-order valence-electron chi connectivity index (χ3n) is 4.52. The number of thiazole rings is 1. The van der Waals surface area contributed by atoms with E-state index in [-0.39, 0.29) is 5.91 Å². The molecule has 3 nitrogen and oxygen atoms in total. The second-order valence-corrected chi connectivity index (χ2v) is 8.65. The Kier molecular flexibility index (Phi) is 5.95. The Morgan fingerprint density at radius 3 is 2.75 bits per heavy atom. The number of nitrogens with one attached hydrogen (secondary N) is 1. The van der Waals surface area contributed by atoms with Gasteiger partial charge in [0.05, 0.1) is 16.3 Å². The van der Waals surface area contributed by atoms with Gasteiger partial charge in [-0.1, -0.05) is 19.1 Å². The first-order valence-corrected chi connectivity index (χ1v) is 10.4. The Labute approximate surface area is 152 Å². The molecule has 0 bridgehead atoms. The molecule has 0 radical (unpaired) electrons. The van der Waals surface area contributed by atoms with E-state index < -0.39 is 0 Å². The quantitative estimate of drug-likeness (QED) is 0.759. The molecule has 1 aromatic carbocycles. The molecular formula is C19H24N2OS2. The fourth-order valence-corrected chi connectivity index (χ4v) is 4.73. The standard InChI is InChI=1S/C19H24N2OS2/c1-13-7-9-15(10-8-13)21-19(22)17-5-3-4-6-18(17)24-12-16-11-23-14(2)20-16/h3-6,11,13,15H,7-10,12H2,1-2H3,(H,21,22). The minimum absolute atomic E-state index is 0.0621. The van der Waals surface area contributed by atoms with E-state index in [0.29, 0.717) is 6.04 Å². The average Bonchev–Trinajstić information content (AvgIpc) is 3.01. The van der Waals surface area contributed by atoms with Crippen molar-refractivity contribution < 1.29 is 4.79 Å². The van der Waals surface area contributed by atoms with Crippen LogP contribution in [0.1, 0.15) is 53.7 Å². The molecule has 1 N–H and O–H groups in total. The Morgan fingerprint density at radius 1 is 1.29 bits per heavy atom. The van der Waals surface area contributed by atoms with Gasteiger partial charge in [0, 0.05) is 22.1 Å². The number of aryl methyl sites for hydroxylation is 1. The minimum Gasteiger partial charge on any atom is -0.349 e. The van der Waals surface area contributed by atoms with E-state index in [9.17, 15) is 4.79 Å². The van der Waals surface area contributed by atoms with Gasteiger partial charge in [0.25, 0.3) is 5.91 Å². The summed E-state index contributed by atoms with van der Waals surface area (Å²) in [4.78, 5) is 18.2. The molecule has 0 saturated heterocycles. The van der Waals surface area contributed by atoms with Gasteiger partial charge in [-0.05, 0) is 50.7 Å². The number of amides is 1. The Hall–Kier alpha value is -1.33. The highest BCUT2D eigenvalue weighted by Crippen LogP contribution is 2.28. The van der Waals surface area contributed by atoms with Crippen molar-refractivity contribution in [2.45, 2.75) is 56.2 Å². The van der Waals surface area contributed by atoms with Crippen LogP contribution in [-0.2, 0) is 5.75 Å². The lowest BCUT2D eigenvalue weighted by atomic mass is 9.87. The lowest BCUT2D eigenvalue weighted by molar-refractivity contribution is 0.0920. The molecule has 128 valence electrons. The average molecular weight is 361 g/mol. The Bertz CT molecular complexity index is 690. The molecule has 1 saturated carbocycles. The molecule has 1 amide bonds. The summed E-state index contributed by atoms with van der Waals surface area (Å²) in [5.41, 5.74) is 1.87. The normalized spacial score (nSPS) is 20.8. The third-order valence-corrected chi connectivity index (χ3v) is 6.45. The summed E-state index contributed by atoms with van der Waals surface area (Å²) >= 11 is 3.36. The van der Waals surface area contributed by atoms with Gasteiger partial charge in [-0.3, -0.25) is 4.79 Å². The summed E-state index contributed by atoms with van der Waals surface area (Å²) in [6.07, 6.45) is 4.62. The molecular weight excluding hydrogens is 336 g/mol. The Balaban J connectivity index is 1.63. The molecule has 24 heavy (non-hydrogen) atoms. The number of aromatic nitrogens is 1. The second kappa shape index (κ2) is 8.17. The zero-order valence-corrected chi connectivity index (χ0v) is 15.9. The van der Waals surface area contributed by atoms with Crippen molar-refractivity contribution >= 4 is 29.0 Å². The van der Waals surface area contributed by atoms with Crippen LogP contribution in [0.15, 0.2) is 34.5 Å². The minimum atomic E-state index is 0.0621. The van der Waals surface area contributed by atoms with Crippen LogP contribution in [0.3, 0.4) is 0 Å². The molecule has 1 aliphatic rings. The molecule has 2 aromatic rings. The maximum atomic E-state index is 12.7. The fourth-order valence-electron chi connectivity index (χ4n) is 3.07. The zero-order valence-electron chi connectivity index (χ0n) is 14.2. The summed E-state index contributed by atoms with van der Waals surface area (Å²) in [6.45, 7) is 4.31. The van der Waals surface area contributed by atoms with Crippen LogP contribution in [0.4, 0.5) is 0 Å². The van der Waals surface area contributed by atoms with E-state index in [4.69, 9.17) is 0 Å². The lowest BCUT2D eigenvalue weighted by Gasteiger charge is -2.27. The lowest BCUT2D eigenvalue weighted by Crippen LogP contribution is -2.37. The zero-order chi connectivity index (χ0) is 16.9. The Morgan fingerprint density at radius 2 is 2.04 bits per heavy atom. The predicted octanol–water partition coefficient (Wildman–Crippen LogP) is 5.05. The number of hydrogen-bond acceptors (Lipinski definition) is 4. The van der Waals surface area contributed by atoms with E-state index in [2.05, 4.69) is 22.6 Å². The van der Waals surface area contributed by atoms with Gasteiger partial charge in [0.2, 0.25) is 0 Å². The third kappa shape index (κ3) is 4.61. The number of carbonyl (C=O) groups excluding carboxylic acids is 1. The van der Waals surface area contributed by atoms with E-state index in [0.717, 1.165) is 45.7 Å². The molecule has 1 heterocycles. The fraction of sp³-hybridized carbons (Fsp3) is 0.474. The van der Waals surface area contributed by atoms with Gasteiger partial charge < -0.3 is 5.32 Å². The highest BCUT2D eigenvalue weighted by atomic mass is 32.2. The molecule has 0 unspecified atom stereocenters. The van der Waals surface area contributed by atoms with Crippen molar-refractivity contribution in [3.05, 3.63) is 45.9 Å². The van der Waals surface area contributed by atoms with Crippen LogP contribution in [0.5, 0.6) is 0 Å². The molecule has 3 rings (SSSR count). The van der Waals surface area contributed by atoms with E-state index in [1.165, 1.54) is 12.8 Å². The smallest absolute Gasteiger partial charge is 0.252 e. The summed E-state index contributed by atoms with van der Waals surface area (Å²) < 4.78 is 0. The van der Waals surface area contributed by atoms with Crippen molar-refractivity contribution in [2.75, 3.05) is 0 Å².